The fraction of sp³-hybridized carbons (Fsp3) is 0.667. The second-order valence-corrected chi connectivity index (χ2v) is 5.37. The molecule has 0 bridgehead atoms. The number of carboxylic acid groups (broad SMARTS) is 1. The fourth-order valence-corrected chi connectivity index (χ4v) is 1.79. The van der Waals surface area contributed by atoms with Crippen molar-refractivity contribution in [3.63, 3.8) is 0 Å². The molecule has 1 amide bonds. The largest absolute Gasteiger partial charge is 0.478 e. The lowest BCUT2D eigenvalue weighted by Crippen LogP contribution is -2.42. The molecule has 0 spiro atoms. The highest BCUT2D eigenvalue weighted by atomic mass is 19.3. The van der Waals surface area contributed by atoms with Crippen molar-refractivity contribution in [2.45, 2.75) is 45.3 Å². The van der Waals surface area contributed by atoms with Crippen LogP contribution in [0.5, 0.6) is 0 Å². The zero-order valence-electron chi connectivity index (χ0n) is 10.9. The van der Waals surface area contributed by atoms with Crippen molar-refractivity contribution < 1.29 is 28.2 Å². The number of rotatable bonds is 3. The molecule has 0 radical (unpaired) electrons. The van der Waals surface area contributed by atoms with Gasteiger partial charge in [0.25, 0.3) is 0 Å². The number of alkyl carbamates (subject to hydrolysis) is 1. The fourth-order valence-electron chi connectivity index (χ4n) is 1.79. The van der Waals surface area contributed by atoms with Crippen LogP contribution in [0.25, 0.3) is 0 Å². The van der Waals surface area contributed by atoms with E-state index in [0.717, 1.165) is 6.08 Å². The van der Waals surface area contributed by atoms with Crippen LogP contribution >= 0.6 is 0 Å². The molecule has 0 heterocycles. The monoisotopic (exact) mass is 277 g/mol. The molecule has 0 aliphatic heterocycles. The summed E-state index contributed by atoms with van der Waals surface area (Å²) in [5, 5.41) is 11.1. The summed E-state index contributed by atoms with van der Waals surface area (Å²) in [7, 11) is 0. The molecule has 1 rings (SSSR count). The number of hydrogen-bond donors (Lipinski definition) is 2. The molecule has 0 aromatic carbocycles. The zero-order valence-corrected chi connectivity index (χ0v) is 10.9. The average molecular weight is 277 g/mol. The molecule has 19 heavy (non-hydrogen) atoms. The highest BCUT2D eigenvalue weighted by molar-refractivity contribution is 5.87. The number of ether oxygens (including phenoxy) is 1. The maximum Gasteiger partial charge on any atom is 0.408 e. The van der Waals surface area contributed by atoms with Crippen LogP contribution < -0.4 is 5.32 Å². The van der Waals surface area contributed by atoms with Crippen molar-refractivity contribution in [3.05, 3.63) is 11.6 Å². The van der Waals surface area contributed by atoms with E-state index in [2.05, 4.69) is 5.32 Å². The Labute approximate surface area is 109 Å². The van der Waals surface area contributed by atoms with Crippen LogP contribution in [0.3, 0.4) is 0 Å². The van der Waals surface area contributed by atoms with Gasteiger partial charge >= 0.3 is 12.1 Å². The number of hydrogen-bond acceptors (Lipinski definition) is 3. The van der Waals surface area contributed by atoms with Crippen LogP contribution in [-0.2, 0) is 9.53 Å². The molecular weight excluding hydrogens is 260 g/mol. The molecule has 0 saturated heterocycles. The highest BCUT2D eigenvalue weighted by Crippen LogP contribution is 2.30. The number of amides is 1. The van der Waals surface area contributed by atoms with Crippen LogP contribution in [0.1, 0.15) is 27.2 Å². The Morgan fingerprint density at radius 2 is 2.05 bits per heavy atom. The number of carbonyl (C=O) groups is 2. The molecule has 1 aliphatic carbocycles. The summed E-state index contributed by atoms with van der Waals surface area (Å²) in [4.78, 5) is 22.3. The zero-order chi connectivity index (χ0) is 14.8. The lowest BCUT2D eigenvalue weighted by atomic mass is 10.0. The van der Waals surface area contributed by atoms with Gasteiger partial charge in [-0.2, -0.15) is 0 Å². The Kier molecular flexibility index (Phi) is 4.49. The molecule has 0 aromatic rings. The van der Waals surface area contributed by atoms with Gasteiger partial charge in [-0.3, -0.25) is 0 Å². The lowest BCUT2D eigenvalue weighted by molar-refractivity contribution is -0.132. The van der Waals surface area contributed by atoms with Gasteiger partial charge in [0.05, 0.1) is 6.04 Å². The lowest BCUT2D eigenvalue weighted by Gasteiger charge is -2.24. The Balaban J connectivity index is 2.73. The van der Waals surface area contributed by atoms with Crippen LogP contribution in [0.2, 0.25) is 0 Å². The molecule has 2 N–H and O–H groups in total. The second kappa shape index (κ2) is 5.54. The summed E-state index contributed by atoms with van der Waals surface area (Å²) in [6.45, 7) is 4.93. The number of nitrogens with one attached hydrogen (secondary N) is 1. The molecule has 7 heteroatoms. The predicted molar refractivity (Wildman–Crippen MR) is 63.0 cm³/mol. The number of carboxylic acids is 1. The van der Waals surface area contributed by atoms with E-state index >= 15 is 0 Å². The van der Waals surface area contributed by atoms with Crippen molar-refractivity contribution in [3.8, 4) is 0 Å². The molecule has 5 nitrogen and oxygen atoms in total. The van der Waals surface area contributed by atoms with Gasteiger partial charge in [0, 0.05) is 11.5 Å². The minimum atomic E-state index is -2.71. The first-order chi connectivity index (χ1) is 8.60. The van der Waals surface area contributed by atoms with Gasteiger partial charge in [-0.25, -0.2) is 18.4 Å². The van der Waals surface area contributed by atoms with Gasteiger partial charge in [0.15, 0.2) is 0 Å². The molecule has 0 unspecified atom stereocenters. The van der Waals surface area contributed by atoms with Crippen LogP contribution in [0, 0.1) is 5.92 Å². The van der Waals surface area contributed by atoms with Crippen molar-refractivity contribution in [1.29, 1.82) is 0 Å². The number of alkyl halides is 2. The predicted octanol–water partition coefficient (Wildman–Crippen LogP) is 2.18. The van der Waals surface area contributed by atoms with Gasteiger partial charge in [-0.15, -0.1) is 0 Å². The smallest absolute Gasteiger partial charge is 0.408 e. The van der Waals surface area contributed by atoms with E-state index in [1.165, 1.54) is 0 Å². The van der Waals surface area contributed by atoms with Gasteiger partial charge in [-0.1, -0.05) is 6.08 Å². The first-order valence-electron chi connectivity index (χ1n) is 5.82. The third-order valence-electron chi connectivity index (χ3n) is 2.58. The van der Waals surface area contributed by atoms with Gasteiger partial charge in [0.2, 0.25) is 6.43 Å². The first kappa shape index (κ1) is 15.4. The standard InChI is InChI=1S/C12H17F2NO4/c1-12(2,3)19-11(18)15-8-5-6(10(16)17)4-7(8)9(13)14/h5,7-9H,4H2,1-3H3,(H,15,18)(H,16,17)/t7-,8+/m1/s1. The maximum absolute atomic E-state index is 12.8. The number of halogens is 2. The molecule has 0 saturated carbocycles. The topological polar surface area (TPSA) is 75.6 Å². The van der Waals surface area contributed by atoms with E-state index in [1.807, 2.05) is 0 Å². The quantitative estimate of drug-likeness (QED) is 0.829. The minimum Gasteiger partial charge on any atom is -0.478 e. The van der Waals surface area contributed by atoms with Crippen LogP contribution in [0.4, 0.5) is 13.6 Å². The van der Waals surface area contributed by atoms with E-state index in [0.29, 0.717) is 0 Å². The van der Waals surface area contributed by atoms with E-state index in [1.54, 1.807) is 20.8 Å². The molecule has 2 atom stereocenters. The van der Waals surface area contributed by atoms with Crippen molar-refractivity contribution >= 4 is 12.1 Å². The Hall–Kier alpha value is -1.66. The summed E-state index contributed by atoms with van der Waals surface area (Å²) in [6, 6.07) is -1.03. The Bertz CT molecular complexity index is 401. The maximum atomic E-state index is 12.8. The van der Waals surface area contributed by atoms with Crippen molar-refractivity contribution in [2.24, 2.45) is 5.92 Å². The number of carbonyl (C=O) groups excluding carboxylic acids is 1. The third-order valence-corrected chi connectivity index (χ3v) is 2.58. The Morgan fingerprint density at radius 1 is 1.47 bits per heavy atom. The van der Waals surface area contributed by atoms with Gasteiger partial charge < -0.3 is 15.2 Å². The van der Waals surface area contributed by atoms with E-state index in [-0.39, 0.29) is 12.0 Å². The molecule has 1 aliphatic rings. The molecule has 0 aromatic heterocycles. The summed E-state index contributed by atoms with van der Waals surface area (Å²) >= 11 is 0. The van der Waals surface area contributed by atoms with Crippen molar-refractivity contribution in [1.82, 2.24) is 5.32 Å². The summed E-state index contributed by atoms with van der Waals surface area (Å²) in [5.41, 5.74) is -0.867. The SMILES string of the molecule is CC(C)(C)OC(=O)N[C@H]1C=C(C(=O)O)C[C@H]1C(F)F. The van der Waals surface area contributed by atoms with E-state index < -0.39 is 36.0 Å². The van der Waals surface area contributed by atoms with Gasteiger partial charge in [0.1, 0.15) is 5.60 Å². The second-order valence-electron chi connectivity index (χ2n) is 5.37. The van der Waals surface area contributed by atoms with E-state index in [4.69, 9.17) is 9.84 Å². The molecule has 108 valence electrons. The number of aliphatic carboxylic acids is 1. The van der Waals surface area contributed by atoms with Crippen LogP contribution in [0.15, 0.2) is 11.6 Å². The Morgan fingerprint density at radius 3 is 2.47 bits per heavy atom. The third kappa shape index (κ3) is 4.50. The van der Waals surface area contributed by atoms with Gasteiger partial charge in [-0.05, 0) is 27.2 Å². The van der Waals surface area contributed by atoms with E-state index in [9.17, 15) is 18.4 Å². The molecular formula is C12H17F2NO4. The summed E-state index contributed by atoms with van der Waals surface area (Å²) < 4.78 is 30.5. The van der Waals surface area contributed by atoms with Crippen molar-refractivity contribution in [2.75, 3.05) is 0 Å². The average Bonchev–Trinajstić information content (AvgIpc) is 2.58. The first-order valence-corrected chi connectivity index (χ1v) is 5.82. The highest BCUT2D eigenvalue weighted by Gasteiger charge is 2.38. The summed E-state index contributed by atoms with van der Waals surface area (Å²) in [6.07, 6.45) is -2.68. The minimum absolute atomic E-state index is 0.119. The van der Waals surface area contributed by atoms with Crippen LogP contribution in [-0.4, -0.2) is 35.2 Å². The summed E-state index contributed by atoms with van der Waals surface area (Å²) in [5.74, 6) is -2.49. The normalized spacial score (nSPS) is 23.2. The molecule has 0 fully saturated rings.